The smallest absolute Gasteiger partial charge is 0.312 e. The molecule has 0 radical (unpaired) electrons. The molecule has 0 aliphatic carbocycles. The van der Waals surface area contributed by atoms with Gasteiger partial charge in [-0.2, -0.15) is 0 Å². The Morgan fingerprint density at radius 1 is 0.971 bits per heavy atom. The molecule has 0 saturated carbocycles. The molecule has 170 valence electrons. The van der Waals surface area contributed by atoms with Crippen LogP contribution in [-0.4, -0.2) is 25.0 Å². The molecule has 4 aromatic rings. The predicted molar refractivity (Wildman–Crippen MR) is 121 cm³/mol. The van der Waals surface area contributed by atoms with Crippen LogP contribution in [0.5, 0.6) is 28.7 Å². The zero-order valence-electron chi connectivity index (χ0n) is 18.0. The third kappa shape index (κ3) is 3.07. The van der Waals surface area contributed by atoms with E-state index in [1.54, 1.807) is 43.5 Å². The van der Waals surface area contributed by atoms with Crippen molar-refractivity contribution < 1.29 is 33.3 Å². The van der Waals surface area contributed by atoms with Crippen LogP contribution in [-0.2, 0) is 4.79 Å². The summed E-state index contributed by atoms with van der Waals surface area (Å²) in [6.07, 6.45) is 1.40. The van der Waals surface area contributed by atoms with E-state index in [-0.39, 0.29) is 41.2 Å². The number of benzene rings is 3. The quantitative estimate of drug-likeness (QED) is 0.357. The number of aromatic hydroxyl groups is 1. The average Bonchev–Trinajstić information content (AvgIpc) is 3.31. The van der Waals surface area contributed by atoms with Crippen LogP contribution < -0.4 is 24.4 Å². The van der Waals surface area contributed by atoms with E-state index < -0.39 is 17.3 Å². The monoisotopic (exact) mass is 458 g/mol. The highest BCUT2D eigenvalue weighted by molar-refractivity contribution is 5.94. The average molecular weight is 458 g/mol. The second-order valence-electron chi connectivity index (χ2n) is 8.06. The fourth-order valence-electron chi connectivity index (χ4n) is 4.52. The zero-order valence-corrected chi connectivity index (χ0v) is 18.0. The molecule has 0 unspecified atom stereocenters. The first-order valence-corrected chi connectivity index (χ1v) is 10.6. The number of rotatable bonds is 3. The van der Waals surface area contributed by atoms with Crippen molar-refractivity contribution in [2.24, 2.45) is 0 Å². The highest BCUT2D eigenvalue weighted by Gasteiger charge is 2.34. The minimum Gasteiger partial charge on any atom is -0.507 e. The Labute approximate surface area is 192 Å². The molecule has 0 saturated heterocycles. The Kier molecular flexibility index (Phi) is 4.48. The highest BCUT2D eigenvalue weighted by atomic mass is 16.7. The molecule has 3 aromatic carbocycles. The number of fused-ring (bicyclic) bond motifs is 4. The van der Waals surface area contributed by atoms with Gasteiger partial charge in [-0.15, -0.1) is 0 Å². The minimum absolute atomic E-state index is 0.0239. The van der Waals surface area contributed by atoms with Gasteiger partial charge < -0.3 is 28.5 Å². The molecule has 0 fully saturated rings. The van der Waals surface area contributed by atoms with Crippen LogP contribution >= 0.6 is 0 Å². The maximum absolute atomic E-state index is 13.5. The summed E-state index contributed by atoms with van der Waals surface area (Å²) in [6, 6.07) is 13.7. The Balaban J connectivity index is 1.55. The molecule has 2 aliphatic heterocycles. The summed E-state index contributed by atoms with van der Waals surface area (Å²) in [5.41, 5.74) is 1.98. The fourth-order valence-corrected chi connectivity index (χ4v) is 4.52. The molecule has 6 rings (SSSR count). The van der Waals surface area contributed by atoms with Gasteiger partial charge in [0.15, 0.2) is 11.5 Å². The van der Waals surface area contributed by atoms with Gasteiger partial charge in [-0.25, -0.2) is 0 Å². The van der Waals surface area contributed by atoms with Crippen molar-refractivity contribution >= 4 is 16.9 Å². The summed E-state index contributed by atoms with van der Waals surface area (Å²) in [7, 11) is 1.56. The Hall–Kier alpha value is -4.46. The molecule has 0 spiro atoms. The van der Waals surface area contributed by atoms with Crippen LogP contribution in [0.25, 0.3) is 22.1 Å². The molecule has 2 aliphatic rings. The van der Waals surface area contributed by atoms with Crippen molar-refractivity contribution in [1.29, 1.82) is 0 Å². The van der Waals surface area contributed by atoms with Gasteiger partial charge in [0, 0.05) is 17.5 Å². The number of esters is 1. The third-order valence-corrected chi connectivity index (χ3v) is 6.17. The number of carbonyl (C=O) groups is 1. The van der Waals surface area contributed by atoms with Crippen molar-refractivity contribution in [3.8, 4) is 39.9 Å². The Morgan fingerprint density at radius 2 is 1.76 bits per heavy atom. The molecule has 1 N–H and O–H groups in total. The second kappa shape index (κ2) is 7.55. The first-order valence-electron chi connectivity index (χ1n) is 10.6. The van der Waals surface area contributed by atoms with E-state index >= 15 is 0 Å². The summed E-state index contributed by atoms with van der Waals surface area (Å²) >= 11 is 0. The zero-order chi connectivity index (χ0) is 23.4. The SMILES string of the molecule is COc1ccc(-c2coc3c4c(cc(O)c3c2=O)OC(=O)C[C@H]4c2ccc3c(c2)OCO3)cc1. The van der Waals surface area contributed by atoms with E-state index in [0.717, 1.165) is 5.56 Å². The summed E-state index contributed by atoms with van der Waals surface area (Å²) in [5.74, 6) is 0.758. The molecule has 8 heteroatoms. The van der Waals surface area contributed by atoms with Gasteiger partial charge in [0.1, 0.15) is 34.5 Å². The lowest BCUT2D eigenvalue weighted by Gasteiger charge is -2.26. The Morgan fingerprint density at radius 3 is 2.56 bits per heavy atom. The van der Waals surface area contributed by atoms with Gasteiger partial charge >= 0.3 is 5.97 Å². The molecular weight excluding hydrogens is 440 g/mol. The molecule has 8 nitrogen and oxygen atoms in total. The fraction of sp³-hybridized carbons (Fsp3) is 0.154. The molecule has 34 heavy (non-hydrogen) atoms. The molecule has 1 atom stereocenters. The number of phenols is 1. The molecule has 0 amide bonds. The van der Waals surface area contributed by atoms with E-state index in [0.29, 0.717) is 28.4 Å². The summed E-state index contributed by atoms with van der Waals surface area (Å²) in [5, 5.41) is 10.7. The normalized spacial score (nSPS) is 16.3. The molecule has 3 heterocycles. The number of methoxy groups -OCH3 is 1. The standard InChI is InChI=1S/C26H18O8/c1-30-15-5-2-13(3-6-15)17-11-31-26-23-16(14-4-7-19-20(8-14)33-12-32-19)9-22(28)34-21(23)10-18(27)24(26)25(17)29/h2-8,10-11,16,27H,9,12H2,1H3/t16-/m0/s1. The van der Waals surface area contributed by atoms with Gasteiger partial charge in [-0.1, -0.05) is 18.2 Å². The van der Waals surface area contributed by atoms with Crippen LogP contribution in [0.4, 0.5) is 0 Å². The predicted octanol–water partition coefficient (Wildman–Crippen LogP) is 4.34. The summed E-state index contributed by atoms with van der Waals surface area (Å²) in [6.45, 7) is 0.127. The number of hydrogen-bond acceptors (Lipinski definition) is 8. The van der Waals surface area contributed by atoms with Crippen molar-refractivity contribution in [3.63, 3.8) is 0 Å². The lowest BCUT2D eigenvalue weighted by molar-refractivity contribution is -0.135. The van der Waals surface area contributed by atoms with Crippen LogP contribution in [0, 0.1) is 0 Å². The minimum atomic E-state index is -0.469. The van der Waals surface area contributed by atoms with Gasteiger partial charge in [0.05, 0.1) is 19.1 Å². The van der Waals surface area contributed by atoms with Crippen molar-refractivity contribution in [2.75, 3.05) is 13.9 Å². The maximum atomic E-state index is 13.5. The van der Waals surface area contributed by atoms with Gasteiger partial charge in [0.2, 0.25) is 12.2 Å². The first kappa shape index (κ1) is 20.2. The summed E-state index contributed by atoms with van der Waals surface area (Å²) in [4.78, 5) is 25.8. The van der Waals surface area contributed by atoms with Crippen LogP contribution in [0.3, 0.4) is 0 Å². The molecular formula is C26H18O8. The van der Waals surface area contributed by atoms with Gasteiger partial charge in [-0.3, -0.25) is 9.59 Å². The van der Waals surface area contributed by atoms with Crippen molar-refractivity contribution in [2.45, 2.75) is 12.3 Å². The van der Waals surface area contributed by atoms with E-state index in [1.165, 1.54) is 12.3 Å². The lowest BCUT2D eigenvalue weighted by Crippen LogP contribution is -2.22. The Bertz CT molecular complexity index is 1520. The van der Waals surface area contributed by atoms with E-state index in [4.69, 9.17) is 23.4 Å². The second-order valence-corrected chi connectivity index (χ2v) is 8.06. The number of phenolic OH excluding ortho intramolecular Hbond substituents is 1. The number of ether oxygens (including phenoxy) is 4. The topological polar surface area (TPSA) is 104 Å². The number of carbonyl (C=O) groups excluding carboxylic acids is 1. The van der Waals surface area contributed by atoms with Crippen molar-refractivity contribution in [1.82, 2.24) is 0 Å². The van der Waals surface area contributed by atoms with E-state index in [1.807, 2.05) is 6.07 Å². The lowest BCUT2D eigenvalue weighted by atomic mass is 9.84. The maximum Gasteiger partial charge on any atom is 0.312 e. The van der Waals surface area contributed by atoms with Gasteiger partial charge in [0.25, 0.3) is 0 Å². The third-order valence-electron chi connectivity index (χ3n) is 6.17. The summed E-state index contributed by atoms with van der Waals surface area (Å²) < 4.78 is 27.4. The van der Waals surface area contributed by atoms with E-state index in [9.17, 15) is 14.7 Å². The van der Waals surface area contributed by atoms with Crippen LogP contribution in [0.1, 0.15) is 23.5 Å². The first-order chi connectivity index (χ1) is 16.5. The van der Waals surface area contributed by atoms with Crippen molar-refractivity contribution in [3.05, 3.63) is 76.1 Å². The van der Waals surface area contributed by atoms with Gasteiger partial charge in [-0.05, 0) is 35.4 Å². The van der Waals surface area contributed by atoms with E-state index in [2.05, 4.69) is 0 Å². The number of hydrogen-bond donors (Lipinski definition) is 1. The van der Waals surface area contributed by atoms with Crippen LogP contribution in [0.15, 0.2) is 64.0 Å². The van der Waals surface area contributed by atoms with Crippen LogP contribution in [0.2, 0.25) is 0 Å². The molecule has 0 bridgehead atoms. The highest BCUT2D eigenvalue weighted by Crippen LogP contribution is 2.47. The molecule has 1 aromatic heterocycles. The largest absolute Gasteiger partial charge is 0.507 e.